The van der Waals surface area contributed by atoms with E-state index in [9.17, 15) is 12.8 Å². The van der Waals surface area contributed by atoms with Gasteiger partial charge in [-0.1, -0.05) is 18.5 Å². The lowest BCUT2D eigenvalue weighted by Crippen LogP contribution is -2.42. The third-order valence-electron chi connectivity index (χ3n) is 3.37. The largest absolute Gasteiger partial charge is 0.315 e. The summed E-state index contributed by atoms with van der Waals surface area (Å²) in [7, 11) is -3.78. The fourth-order valence-electron chi connectivity index (χ4n) is 2.41. The molecule has 1 aromatic carbocycles. The highest BCUT2D eigenvalue weighted by molar-refractivity contribution is 7.89. The molecule has 1 aromatic rings. The number of nitrogens with zero attached hydrogens (tertiary/aromatic N) is 1. The molecule has 0 saturated carbocycles. The molecule has 1 unspecified atom stereocenters. The van der Waals surface area contributed by atoms with E-state index in [1.54, 1.807) is 0 Å². The van der Waals surface area contributed by atoms with Gasteiger partial charge in [-0.2, -0.15) is 4.31 Å². The summed E-state index contributed by atoms with van der Waals surface area (Å²) in [6.45, 7) is 3.73. The maximum Gasteiger partial charge on any atom is 0.244 e. The highest BCUT2D eigenvalue weighted by Crippen LogP contribution is 2.28. The second kappa shape index (κ2) is 6.39. The van der Waals surface area contributed by atoms with Crippen LogP contribution in [0.3, 0.4) is 0 Å². The predicted octanol–water partition coefficient (Wildman–Crippen LogP) is 2.24. The van der Waals surface area contributed by atoms with Crippen LogP contribution < -0.4 is 5.32 Å². The van der Waals surface area contributed by atoms with Crippen LogP contribution in [0.2, 0.25) is 5.02 Å². The fraction of sp³-hybridized carbons (Fsp3) is 0.538. The minimum atomic E-state index is -3.78. The maximum absolute atomic E-state index is 13.4. The van der Waals surface area contributed by atoms with Crippen molar-refractivity contribution in [1.82, 2.24) is 9.62 Å². The fourth-order valence-corrected chi connectivity index (χ4v) is 4.64. The van der Waals surface area contributed by atoms with Gasteiger partial charge in [0.15, 0.2) is 0 Å². The normalized spacial score (nSPS) is 19.7. The Morgan fingerprint density at radius 2 is 2.25 bits per heavy atom. The highest BCUT2D eigenvalue weighted by Gasteiger charge is 2.34. The molecule has 0 radical (unpaired) electrons. The number of sulfonamides is 1. The van der Waals surface area contributed by atoms with Crippen molar-refractivity contribution in [1.29, 1.82) is 0 Å². The van der Waals surface area contributed by atoms with Crippen molar-refractivity contribution < 1.29 is 12.8 Å². The minimum Gasteiger partial charge on any atom is -0.315 e. The smallest absolute Gasteiger partial charge is 0.244 e. The zero-order chi connectivity index (χ0) is 14.8. The first-order valence-electron chi connectivity index (χ1n) is 6.64. The number of benzene rings is 1. The lowest BCUT2D eigenvalue weighted by atomic mass is 10.2. The summed E-state index contributed by atoms with van der Waals surface area (Å²) in [5.41, 5.74) is 0. The number of hydrogen-bond donors (Lipinski definition) is 1. The topological polar surface area (TPSA) is 49.4 Å². The summed E-state index contributed by atoms with van der Waals surface area (Å²) < 4.78 is 40.2. The van der Waals surface area contributed by atoms with Gasteiger partial charge in [0.1, 0.15) is 10.7 Å². The Kier molecular flexibility index (Phi) is 5.01. The molecular formula is C13H18ClFN2O2S. The van der Waals surface area contributed by atoms with Crippen molar-refractivity contribution in [2.24, 2.45) is 0 Å². The highest BCUT2D eigenvalue weighted by atomic mass is 35.5. The van der Waals surface area contributed by atoms with E-state index in [0.29, 0.717) is 19.5 Å². The van der Waals surface area contributed by atoms with Gasteiger partial charge in [-0.3, -0.25) is 0 Å². The molecule has 1 aliphatic heterocycles. The molecule has 0 aromatic heterocycles. The van der Waals surface area contributed by atoms with Crippen LogP contribution >= 0.6 is 11.6 Å². The van der Waals surface area contributed by atoms with E-state index in [4.69, 9.17) is 11.6 Å². The van der Waals surface area contributed by atoms with Gasteiger partial charge in [-0.05, 0) is 37.6 Å². The Labute approximate surface area is 124 Å². The molecule has 1 heterocycles. The van der Waals surface area contributed by atoms with E-state index in [-0.39, 0.29) is 16.0 Å². The van der Waals surface area contributed by atoms with E-state index in [1.807, 2.05) is 6.92 Å². The van der Waals surface area contributed by atoms with Crippen LogP contribution in [-0.4, -0.2) is 38.4 Å². The summed E-state index contributed by atoms with van der Waals surface area (Å²) >= 11 is 5.94. The molecule has 0 spiro atoms. The first kappa shape index (κ1) is 15.7. The predicted molar refractivity (Wildman–Crippen MR) is 76.9 cm³/mol. The molecule has 1 aliphatic rings. The summed E-state index contributed by atoms with van der Waals surface area (Å²) in [5.74, 6) is -0.603. The van der Waals surface area contributed by atoms with E-state index in [2.05, 4.69) is 5.32 Å². The minimum absolute atomic E-state index is 0.0541. The lowest BCUT2D eigenvalue weighted by molar-refractivity contribution is 0.335. The van der Waals surface area contributed by atoms with Crippen LogP contribution in [0, 0.1) is 5.82 Å². The molecule has 1 saturated heterocycles. The Morgan fingerprint density at radius 3 is 2.85 bits per heavy atom. The molecule has 7 heteroatoms. The van der Waals surface area contributed by atoms with E-state index in [1.165, 1.54) is 10.4 Å². The second-order valence-corrected chi connectivity index (χ2v) is 7.10. The van der Waals surface area contributed by atoms with Crippen molar-refractivity contribution >= 4 is 21.6 Å². The van der Waals surface area contributed by atoms with Crippen molar-refractivity contribution in [2.75, 3.05) is 19.6 Å². The molecular weight excluding hydrogens is 303 g/mol. The van der Waals surface area contributed by atoms with Gasteiger partial charge < -0.3 is 5.32 Å². The third-order valence-corrected chi connectivity index (χ3v) is 5.80. The third kappa shape index (κ3) is 3.14. The van der Waals surface area contributed by atoms with E-state index in [0.717, 1.165) is 25.1 Å². The SMILES string of the molecule is CCCN(C1CCNC1)S(=O)(=O)c1cc(F)ccc1Cl. The van der Waals surface area contributed by atoms with Crippen LogP contribution in [-0.2, 0) is 10.0 Å². The van der Waals surface area contributed by atoms with Crippen LogP contribution in [0.4, 0.5) is 4.39 Å². The standard InChI is InChI=1S/C13H18ClFN2O2S/c1-2-7-17(11-5-6-16-9-11)20(18,19)13-8-10(15)3-4-12(13)14/h3-4,8,11,16H,2,5-7,9H2,1H3. The Morgan fingerprint density at radius 1 is 1.50 bits per heavy atom. The van der Waals surface area contributed by atoms with Crippen molar-refractivity contribution in [3.63, 3.8) is 0 Å². The summed E-state index contributed by atoms with van der Waals surface area (Å²) in [6.07, 6.45) is 1.45. The first-order chi connectivity index (χ1) is 9.46. The molecule has 1 atom stereocenters. The number of nitrogens with one attached hydrogen (secondary N) is 1. The zero-order valence-electron chi connectivity index (χ0n) is 11.3. The van der Waals surface area contributed by atoms with Gasteiger partial charge >= 0.3 is 0 Å². The maximum atomic E-state index is 13.4. The molecule has 2 rings (SSSR count). The van der Waals surface area contributed by atoms with Crippen molar-refractivity contribution in [3.8, 4) is 0 Å². The van der Waals surface area contributed by atoms with Gasteiger partial charge in [-0.25, -0.2) is 12.8 Å². The molecule has 1 fully saturated rings. The molecule has 112 valence electrons. The van der Waals surface area contributed by atoms with Gasteiger partial charge in [0, 0.05) is 19.1 Å². The molecule has 4 nitrogen and oxygen atoms in total. The Hall–Kier alpha value is -0.690. The Balaban J connectivity index is 2.41. The molecule has 0 amide bonds. The summed E-state index contributed by atoms with van der Waals surface area (Å²) in [6, 6.07) is 3.32. The van der Waals surface area contributed by atoms with Gasteiger partial charge in [-0.15, -0.1) is 0 Å². The van der Waals surface area contributed by atoms with Crippen molar-refractivity contribution in [2.45, 2.75) is 30.7 Å². The summed E-state index contributed by atoms with van der Waals surface area (Å²) in [4.78, 5) is -0.153. The average Bonchev–Trinajstić information content (AvgIpc) is 2.92. The first-order valence-corrected chi connectivity index (χ1v) is 8.46. The molecule has 20 heavy (non-hydrogen) atoms. The van der Waals surface area contributed by atoms with E-state index < -0.39 is 15.8 Å². The average molecular weight is 321 g/mol. The second-order valence-electron chi connectivity index (χ2n) is 4.84. The van der Waals surface area contributed by atoms with Crippen LogP contribution in [0.15, 0.2) is 23.1 Å². The van der Waals surface area contributed by atoms with E-state index >= 15 is 0 Å². The van der Waals surface area contributed by atoms with Gasteiger partial charge in [0.2, 0.25) is 10.0 Å². The summed E-state index contributed by atoms with van der Waals surface area (Å²) in [5, 5.41) is 3.20. The van der Waals surface area contributed by atoms with Crippen LogP contribution in [0.1, 0.15) is 19.8 Å². The van der Waals surface area contributed by atoms with Crippen LogP contribution in [0.5, 0.6) is 0 Å². The number of hydrogen-bond acceptors (Lipinski definition) is 3. The monoisotopic (exact) mass is 320 g/mol. The zero-order valence-corrected chi connectivity index (χ0v) is 12.8. The van der Waals surface area contributed by atoms with Crippen LogP contribution in [0.25, 0.3) is 0 Å². The van der Waals surface area contributed by atoms with Crippen molar-refractivity contribution in [3.05, 3.63) is 29.0 Å². The molecule has 0 bridgehead atoms. The Bertz CT molecular complexity index is 574. The quantitative estimate of drug-likeness (QED) is 0.905. The number of halogens is 2. The van der Waals surface area contributed by atoms with Gasteiger partial charge in [0.05, 0.1) is 5.02 Å². The molecule has 1 N–H and O–H groups in total. The lowest BCUT2D eigenvalue weighted by Gasteiger charge is -2.27. The number of rotatable bonds is 5. The molecule has 0 aliphatic carbocycles. The van der Waals surface area contributed by atoms with Gasteiger partial charge in [0.25, 0.3) is 0 Å².